The number of amides is 2. The van der Waals surface area contributed by atoms with Crippen LogP contribution in [0.15, 0.2) is 24.3 Å². The van der Waals surface area contributed by atoms with Crippen LogP contribution in [0.25, 0.3) is 0 Å². The summed E-state index contributed by atoms with van der Waals surface area (Å²) in [4.78, 5) is 12.5. The van der Waals surface area contributed by atoms with Gasteiger partial charge >= 0.3 is 6.03 Å². The van der Waals surface area contributed by atoms with Gasteiger partial charge in [0.25, 0.3) is 0 Å². The van der Waals surface area contributed by atoms with Crippen LogP contribution in [0.2, 0.25) is 0 Å². The Bertz CT molecular complexity index is 447. The topological polar surface area (TPSA) is 56.1 Å². The highest BCUT2D eigenvalue weighted by Gasteiger charge is 2.29. The molecule has 4 nitrogen and oxygen atoms in total. The maximum Gasteiger partial charge on any atom is 0.331 e. The Morgan fingerprint density at radius 3 is 2.71 bits per heavy atom. The quantitative estimate of drug-likeness (QED) is 0.808. The fourth-order valence-electron chi connectivity index (χ4n) is 2.02. The largest absolute Gasteiger partial charge is 0.331 e. The molecule has 1 heterocycles. The molecule has 1 atom stereocenters. The van der Waals surface area contributed by atoms with E-state index in [2.05, 4.69) is 24.4 Å². The van der Waals surface area contributed by atoms with Crippen molar-refractivity contribution in [3.63, 3.8) is 0 Å². The summed E-state index contributed by atoms with van der Waals surface area (Å²) in [5.41, 5.74) is 2.36. The standard InChI is InChI=1S/C13H15N3O/c1-2-3-10-4-6-11(7-5-10)12-8-16(9-14)13(17)15-12/h4-7,12H,2-3,8H2,1H3,(H,15,17). The Morgan fingerprint density at radius 2 is 2.18 bits per heavy atom. The lowest BCUT2D eigenvalue weighted by atomic mass is 10.0. The van der Waals surface area contributed by atoms with E-state index in [9.17, 15) is 4.79 Å². The number of nitrogens with one attached hydrogen (secondary N) is 1. The molecule has 1 unspecified atom stereocenters. The third-order valence-corrected chi connectivity index (χ3v) is 2.95. The van der Waals surface area contributed by atoms with Gasteiger partial charge in [0.05, 0.1) is 12.6 Å². The first-order chi connectivity index (χ1) is 8.24. The van der Waals surface area contributed by atoms with Gasteiger partial charge in [0, 0.05) is 0 Å². The molecule has 4 heteroatoms. The van der Waals surface area contributed by atoms with Gasteiger partial charge < -0.3 is 5.32 Å². The van der Waals surface area contributed by atoms with Crippen molar-refractivity contribution in [1.82, 2.24) is 10.2 Å². The lowest BCUT2D eigenvalue weighted by molar-refractivity contribution is 0.232. The molecule has 0 saturated carbocycles. The highest BCUT2D eigenvalue weighted by Crippen LogP contribution is 2.20. The van der Waals surface area contributed by atoms with Gasteiger partial charge in [-0.1, -0.05) is 37.6 Å². The molecular weight excluding hydrogens is 214 g/mol. The maximum absolute atomic E-state index is 11.4. The van der Waals surface area contributed by atoms with Crippen LogP contribution in [0.4, 0.5) is 4.79 Å². The van der Waals surface area contributed by atoms with Gasteiger partial charge in [0.2, 0.25) is 0 Å². The summed E-state index contributed by atoms with van der Waals surface area (Å²) >= 11 is 0. The Balaban J connectivity index is 2.09. The van der Waals surface area contributed by atoms with Crippen molar-refractivity contribution in [3.8, 4) is 6.19 Å². The van der Waals surface area contributed by atoms with E-state index in [1.54, 1.807) is 0 Å². The number of aryl methyl sites for hydroxylation is 1. The predicted molar refractivity (Wildman–Crippen MR) is 64.0 cm³/mol. The molecule has 1 aliphatic rings. The Hall–Kier alpha value is -2.02. The fourth-order valence-corrected chi connectivity index (χ4v) is 2.02. The number of nitriles is 1. The summed E-state index contributed by atoms with van der Waals surface area (Å²) < 4.78 is 0. The zero-order valence-electron chi connectivity index (χ0n) is 9.81. The van der Waals surface area contributed by atoms with E-state index in [1.807, 2.05) is 18.3 Å². The molecule has 2 rings (SSSR count). The lowest BCUT2D eigenvalue weighted by Crippen LogP contribution is -2.23. The molecule has 0 aliphatic carbocycles. The van der Waals surface area contributed by atoms with Crippen molar-refractivity contribution in [2.45, 2.75) is 25.8 Å². The monoisotopic (exact) mass is 229 g/mol. The molecule has 2 amide bonds. The summed E-state index contributed by atoms with van der Waals surface area (Å²) in [6.07, 6.45) is 4.06. The zero-order valence-corrected chi connectivity index (χ0v) is 9.81. The Labute approximate surface area is 101 Å². The van der Waals surface area contributed by atoms with E-state index in [1.165, 1.54) is 5.56 Å². The third kappa shape index (κ3) is 2.39. The summed E-state index contributed by atoms with van der Waals surface area (Å²) in [6, 6.07) is 7.83. The zero-order chi connectivity index (χ0) is 12.3. The average molecular weight is 229 g/mol. The summed E-state index contributed by atoms with van der Waals surface area (Å²) in [7, 11) is 0. The number of urea groups is 1. The highest BCUT2D eigenvalue weighted by molar-refractivity contribution is 5.78. The van der Waals surface area contributed by atoms with Crippen LogP contribution in [0.3, 0.4) is 0 Å². The number of hydrogen-bond donors (Lipinski definition) is 1. The number of hydrogen-bond acceptors (Lipinski definition) is 2. The molecule has 1 aromatic rings. The minimum atomic E-state index is -0.310. The van der Waals surface area contributed by atoms with Crippen LogP contribution < -0.4 is 5.32 Å². The summed E-state index contributed by atoms with van der Waals surface area (Å²) in [5, 5.41) is 11.5. The van der Waals surface area contributed by atoms with Crippen molar-refractivity contribution in [2.24, 2.45) is 0 Å². The molecule has 0 spiro atoms. The second-order valence-electron chi connectivity index (χ2n) is 4.20. The van der Waals surface area contributed by atoms with E-state index < -0.39 is 0 Å². The van der Waals surface area contributed by atoms with Gasteiger partial charge in [0.15, 0.2) is 6.19 Å². The fraction of sp³-hybridized carbons (Fsp3) is 0.385. The Morgan fingerprint density at radius 1 is 1.47 bits per heavy atom. The first-order valence-corrected chi connectivity index (χ1v) is 5.81. The van der Waals surface area contributed by atoms with E-state index >= 15 is 0 Å². The normalized spacial score (nSPS) is 18.9. The number of benzene rings is 1. The maximum atomic E-state index is 11.4. The molecule has 1 saturated heterocycles. The van der Waals surface area contributed by atoms with Crippen molar-refractivity contribution in [3.05, 3.63) is 35.4 Å². The molecule has 1 fully saturated rings. The van der Waals surface area contributed by atoms with Crippen molar-refractivity contribution in [1.29, 1.82) is 5.26 Å². The SMILES string of the molecule is CCCc1ccc(C2CN(C#N)C(=O)N2)cc1. The first kappa shape index (κ1) is 11.5. The highest BCUT2D eigenvalue weighted by atomic mass is 16.2. The van der Waals surface area contributed by atoms with Crippen molar-refractivity contribution in [2.75, 3.05) is 6.54 Å². The minimum absolute atomic E-state index is 0.0715. The van der Waals surface area contributed by atoms with E-state index in [-0.39, 0.29) is 12.1 Å². The van der Waals surface area contributed by atoms with Crippen LogP contribution in [-0.2, 0) is 6.42 Å². The van der Waals surface area contributed by atoms with E-state index in [0.29, 0.717) is 6.54 Å². The number of rotatable bonds is 3. The first-order valence-electron chi connectivity index (χ1n) is 5.81. The molecular formula is C13H15N3O. The van der Waals surface area contributed by atoms with Crippen molar-refractivity contribution >= 4 is 6.03 Å². The lowest BCUT2D eigenvalue weighted by Gasteiger charge is -2.09. The number of carbonyl (C=O) groups excluding carboxylic acids is 1. The van der Waals surface area contributed by atoms with E-state index in [0.717, 1.165) is 23.3 Å². The second kappa shape index (κ2) is 4.88. The number of carbonyl (C=O) groups is 1. The van der Waals surface area contributed by atoms with Crippen LogP contribution in [0.1, 0.15) is 30.5 Å². The van der Waals surface area contributed by atoms with Gasteiger partial charge in [-0.15, -0.1) is 0 Å². The van der Waals surface area contributed by atoms with Crippen LogP contribution >= 0.6 is 0 Å². The van der Waals surface area contributed by atoms with Gasteiger partial charge in [-0.3, -0.25) is 0 Å². The smallest absolute Gasteiger partial charge is 0.328 e. The van der Waals surface area contributed by atoms with Crippen LogP contribution in [0.5, 0.6) is 0 Å². The van der Waals surface area contributed by atoms with Gasteiger partial charge in [-0.05, 0) is 17.5 Å². The molecule has 1 N–H and O–H groups in total. The predicted octanol–water partition coefficient (Wildman–Crippen LogP) is 2.19. The minimum Gasteiger partial charge on any atom is -0.328 e. The van der Waals surface area contributed by atoms with Gasteiger partial charge in [-0.25, -0.2) is 9.69 Å². The molecule has 0 radical (unpaired) electrons. The molecule has 0 aromatic heterocycles. The molecule has 1 aliphatic heterocycles. The van der Waals surface area contributed by atoms with Gasteiger partial charge in [-0.2, -0.15) is 5.26 Å². The second-order valence-corrected chi connectivity index (χ2v) is 4.20. The Kier molecular flexibility index (Phi) is 3.29. The van der Waals surface area contributed by atoms with Crippen LogP contribution in [-0.4, -0.2) is 17.5 Å². The number of nitrogens with zero attached hydrogens (tertiary/aromatic N) is 2. The third-order valence-electron chi connectivity index (χ3n) is 2.95. The molecule has 88 valence electrons. The summed E-state index contributed by atoms with van der Waals surface area (Å²) in [6.45, 7) is 2.57. The van der Waals surface area contributed by atoms with Crippen LogP contribution in [0, 0.1) is 11.5 Å². The van der Waals surface area contributed by atoms with Crippen molar-refractivity contribution < 1.29 is 4.79 Å². The summed E-state index contributed by atoms with van der Waals surface area (Å²) in [5.74, 6) is 0. The average Bonchev–Trinajstić information content (AvgIpc) is 2.72. The van der Waals surface area contributed by atoms with Gasteiger partial charge in [0.1, 0.15) is 0 Å². The molecule has 17 heavy (non-hydrogen) atoms. The molecule has 1 aromatic carbocycles. The van der Waals surface area contributed by atoms with E-state index in [4.69, 9.17) is 5.26 Å². The molecule has 0 bridgehead atoms.